The maximum atomic E-state index is 12.9. The Hall–Kier alpha value is -1.34. The summed E-state index contributed by atoms with van der Waals surface area (Å²) in [4.78, 5) is 16.2. The number of aryl methyl sites for hydroxylation is 3. The molecule has 1 atom stereocenters. The molecule has 1 aromatic carbocycles. The van der Waals surface area contributed by atoms with E-state index in [0.29, 0.717) is 11.7 Å². The van der Waals surface area contributed by atoms with Crippen molar-refractivity contribution in [2.45, 2.75) is 69.7 Å². The van der Waals surface area contributed by atoms with Crippen LogP contribution in [-0.2, 0) is 17.8 Å². The summed E-state index contributed by atoms with van der Waals surface area (Å²) in [6, 6.07) is 4.30. The zero-order valence-corrected chi connectivity index (χ0v) is 19.7. The Morgan fingerprint density at radius 3 is 2.86 bits per heavy atom. The van der Waals surface area contributed by atoms with Crippen LogP contribution in [0.3, 0.4) is 0 Å². The molecule has 0 spiro atoms. The van der Waals surface area contributed by atoms with E-state index in [0.717, 1.165) is 55.0 Å². The number of piperidine rings is 1. The molecule has 1 saturated heterocycles. The van der Waals surface area contributed by atoms with Gasteiger partial charge in [-0.2, -0.15) is 0 Å². The molecular formula is C22H29BrN4OS. The number of benzene rings is 1. The minimum atomic E-state index is 0.232. The molecule has 1 fully saturated rings. The third kappa shape index (κ3) is 4.71. The maximum absolute atomic E-state index is 12.9. The molecular weight excluding hydrogens is 448 g/mol. The number of thioether (sulfide) groups is 1. The number of likely N-dealkylation sites (tertiary alicyclic amines) is 1. The first-order chi connectivity index (χ1) is 14.0. The summed E-state index contributed by atoms with van der Waals surface area (Å²) in [5.74, 6) is 3.28. The number of carbonyl (C=O) groups is 1. The van der Waals surface area contributed by atoms with E-state index in [-0.39, 0.29) is 5.91 Å². The molecule has 5 nitrogen and oxygen atoms in total. The standard InChI is InChI=1S/C22H29BrN4OS/c1-15-12-19(16(2)11-18(15)23)29-14-21(28)26-9-6-7-17(13-26)22-25-24-20-8-4-3-5-10-27(20)22/h11-12,17H,3-10,13-14H2,1-2H3. The summed E-state index contributed by atoms with van der Waals surface area (Å²) in [6.45, 7) is 6.85. The number of halogens is 1. The number of nitrogens with zero attached hydrogens (tertiary/aromatic N) is 4. The molecule has 156 valence electrons. The second-order valence-corrected chi connectivity index (χ2v) is 10.1. The van der Waals surface area contributed by atoms with Gasteiger partial charge in [0.15, 0.2) is 0 Å². The highest BCUT2D eigenvalue weighted by Crippen LogP contribution is 2.31. The third-order valence-electron chi connectivity index (χ3n) is 6.08. The Morgan fingerprint density at radius 1 is 1.14 bits per heavy atom. The van der Waals surface area contributed by atoms with Crippen molar-refractivity contribution in [1.82, 2.24) is 19.7 Å². The number of fused-ring (bicyclic) bond motifs is 1. The zero-order chi connectivity index (χ0) is 20.4. The Labute approximate surface area is 185 Å². The summed E-state index contributed by atoms with van der Waals surface area (Å²) in [7, 11) is 0. The molecule has 4 rings (SSSR count). The van der Waals surface area contributed by atoms with Crippen molar-refractivity contribution in [3.05, 3.63) is 39.4 Å². The topological polar surface area (TPSA) is 51.0 Å². The first-order valence-corrected chi connectivity index (χ1v) is 12.4. The molecule has 0 saturated carbocycles. The summed E-state index contributed by atoms with van der Waals surface area (Å²) >= 11 is 5.23. The van der Waals surface area contributed by atoms with Crippen LogP contribution < -0.4 is 0 Å². The Balaban J connectivity index is 1.40. The molecule has 7 heteroatoms. The van der Waals surface area contributed by atoms with Gasteiger partial charge in [0.2, 0.25) is 5.91 Å². The average molecular weight is 477 g/mol. The van der Waals surface area contributed by atoms with E-state index >= 15 is 0 Å². The van der Waals surface area contributed by atoms with Crippen LogP contribution in [0.5, 0.6) is 0 Å². The highest BCUT2D eigenvalue weighted by Gasteiger charge is 2.29. The van der Waals surface area contributed by atoms with E-state index in [1.54, 1.807) is 11.8 Å². The SMILES string of the molecule is Cc1cc(SCC(=O)N2CCCC(c3nnc4n3CCCCC4)C2)c(C)cc1Br. The Kier molecular flexibility index (Phi) is 6.64. The highest BCUT2D eigenvalue weighted by molar-refractivity contribution is 9.10. The van der Waals surface area contributed by atoms with E-state index < -0.39 is 0 Å². The summed E-state index contributed by atoms with van der Waals surface area (Å²) in [5.41, 5.74) is 2.42. The Bertz CT molecular complexity index is 897. The molecule has 0 radical (unpaired) electrons. The molecule has 3 heterocycles. The normalized spacial score (nSPS) is 19.7. The number of carbonyl (C=O) groups excluding carboxylic acids is 1. The van der Waals surface area contributed by atoms with Gasteiger partial charge in [0.25, 0.3) is 0 Å². The molecule has 29 heavy (non-hydrogen) atoms. The third-order valence-corrected chi connectivity index (χ3v) is 8.08. The van der Waals surface area contributed by atoms with Crippen LogP contribution in [0.2, 0.25) is 0 Å². The van der Waals surface area contributed by atoms with Gasteiger partial charge in [-0.1, -0.05) is 22.4 Å². The lowest BCUT2D eigenvalue weighted by molar-refractivity contribution is -0.129. The molecule has 0 N–H and O–H groups in total. The minimum Gasteiger partial charge on any atom is -0.341 e. The van der Waals surface area contributed by atoms with Crippen LogP contribution in [0.4, 0.5) is 0 Å². The second-order valence-electron chi connectivity index (χ2n) is 8.27. The monoisotopic (exact) mass is 476 g/mol. The van der Waals surface area contributed by atoms with Crippen LogP contribution in [0, 0.1) is 13.8 Å². The number of rotatable bonds is 4. The van der Waals surface area contributed by atoms with Crippen LogP contribution in [-0.4, -0.2) is 44.4 Å². The Morgan fingerprint density at radius 2 is 2.00 bits per heavy atom. The summed E-state index contributed by atoms with van der Waals surface area (Å²) < 4.78 is 3.46. The van der Waals surface area contributed by atoms with E-state index in [1.807, 2.05) is 4.90 Å². The molecule has 2 aromatic rings. The zero-order valence-electron chi connectivity index (χ0n) is 17.3. The summed E-state index contributed by atoms with van der Waals surface area (Å²) in [5, 5.41) is 9.01. The van der Waals surface area contributed by atoms with Gasteiger partial charge in [-0.05, 0) is 62.8 Å². The molecule has 0 bridgehead atoms. The van der Waals surface area contributed by atoms with Gasteiger partial charge in [-0.25, -0.2) is 0 Å². The van der Waals surface area contributed by atoms with Crippen LogP contribution in [0.15, 0.2) is 21.5 Å². The van der Waals surface area contributed by atoms with Crippen molar-refractivity contribution in [1.29, 1.82) is 0 Å². The van der Waals surface area contributed by atoms with Crippen molar-refractivity contribution in [2.75, 3.05) is 18.8 Å². The number of hydrogen-bond donors (Lipinski definition) is 0. The highest BCUT2D eigenvalue weighted by atomic mass is 79.9. The van der Waals surface area contributed by atoms with Crippen LogP contribution in [0.25, 0.3) is 0 Å². The molecule has 1 aromatic heterocycles. The van der Waals surface area contributed by atoms with Crippen LogP contribution in [0.1, 0.15) is 60.8 Å². The summed E-state index contributed by atoms with van der Waals surface area (Å²) in [6.07, 6.45) is 6.85. The lowest BCUT2D eigenvalue weighted by atomic mass is 9.97. The lowest BCUT2D eigenvalue weighted by Crippen LogP contribution is -2.40. The second kappa shape index (κ2) is 9.21. The largest absolute Gasteiger partial charge is 0.341 e. The van der Waals surface area contributed by atoms with E-state index in [9.17, 15) is 4.79 Å². The van der Waals surface area contributed by atoms with Gasteiger partial charge < -0.3 is 9.47 Å². The average Bonchev–Trinajstić information content (AvgIpc) is 2.98. The first kappa shape index (κ1) is 20.9. The molecule has 1 amide bonds. The van der Waals surface area contributed by atoms with Crippen molar-refractivity contribution < 1.29 is 4.79 Å². The van der Waals surface area contributed by atoms with Gasteiger partial charge in [0.1, 0.15) is 11.6 Å². The van der Waals surface area contributed by atoms with Crippen LogP contribution >= 0.6 is 27.7 Å². The predicted octanol–water partition coefficient (Wildman–Crippen LogP) is 4.88. The minimum absolute atomic E-state index is 0.232. The molecule has 0 aliphatic carbocycles. The van der Waals surface area contributed by atoms with Gasteiger partial charge in [-0.3, -0.25) is 4.79 Å². The maximum Gasteiger partial charge on any atom is 0.232 e. The van der Waals surface area contributed by atoms with Crippen molar-refractivity contribution >= 4 is 33.6 Å². The number of aromatic nitrogens is 3. The molecule has 2 aliphatic rings. The quantitative estimate of drug-likeness (QED) is 0.589. The van der Waals surface area contributed by atoms with Gasteiger partial charge in [-0.15, -0.1) is 22.0 Å². The van der Waals surface area contributed by atoms with Gasteiger partial charge in [0.05, 0.1) is 5.75 Å². The number of hydrogen-bond acceptors (Lipinski definition) is 4. The van der Waals surface area contributed by atoms with Gasteiger partial charge in [0, 0.05) is 41.3 Å². The van der Waals surface area contributed by atoms with Gasteiger partial charge >= 0.3 is 0 Å². The lowest BCUT2D eigenvalue weighted by Gasteiger charge is -2.32. The van der Waals surface area contributed by atoms with E-state index in [1.165, 1.54) is 35.3 Å². The first-order valence-electron chi connectivity index (χ1n) is 10.6. The van der Waals surface area contributed by atoms with E-state index in [4.69, 9.17) is 0 Å². The fraction of sp³-hybridized carbons (Fsp3) is 0.591. The van der Waals surface area contributed by atoms with E-state index in [2.05, 4.69) is 56.7 Å². The van der Waals surface area contributed by atoms with Crippen molar-refractivity contribution in [3.8, 4) is 0 Å². The number of amides is 1. The smallest absolute Gasteiger partial charge is 0.232 e. The van der Waals surface area contributed by atoms with Crippen molar-refractivity contribution in [2.24, 2.45) is 0 Å². The predicted molar refractivity (Wildman–Crippen MR) is 120 cm³/mol. The molecule has 2 aliphatic heterocycles. The fourth-order valence-corrected chi connectivity index (χ4v) is 5.83. The van der Waals surface area contributed by atoms with Crippen molar-refractivity contribution in [3.63, 3.8) is 0 Å². The molecule has 1 unspecified atom stereocenters. The fourth-order valence-electron chi connectivity index (χ4n) is 4.36.